The van der Waals surface area contributed by atoms with Crippen LogP contribution in [-0.2, 0) is 16.1 Å². The average Bonchev–Trinajstić information content (AvgIpc) is 3.32. The Hall–Kier alpha value is -3.92. The highest BCUT2D eigenvalue weighted by Gasteiger charge is 2.29. The molecule has 1 saturated heterocycles. The lowest BCUT2D eigenvalue weighted by Gasteiger charge is -2.36. The van der Waals surface area contributed by atoms with Gasteiger partial charge < -0.3 is 20.7 Å². The van der Waals surface area contributed by atoms with Crippen LogP contribution in [0.25, 0.3) is 5.65 Å². The zero-order valence-corrected chi connectivity index (χ0v) is 25.2. The molecule has 10 heteroatoms. The lowest BCUT2D eigenvalue weighted by atomic mass is 9.91. The van der Waals surface area contributed by atoms with Crippen molar-refractivity contribution in [3.8, 4) is 0 Å². The minimum atomic E-state index is -0.712. The van der Waals surface area contributed by atoms with Crippen molar-refractivity contribution in [2.75, 3.05) is 22.1 Å². The lowest BCUT2D eigenvalue weighted by molar-refractivity contribution is -0.111. The molecule has 1 atom stereocenters. The number of nitrogens with one attached hydrogen (secondary N) is 3. The van der Waals surface area contributed by atoms with Crippen molar-refractivity contribution in [2.45, 2.75) is 91.0 Å². The van der Waals surface area contributed by atoms with E-state index in [9.17, 15) is 9.59 Å². The molecule has 0 aliphatic carbocycles. The fourth-order valence-electron chi connectivity index (χ4n) is 4.77. The van der Waals surface area contributed by atoms with E-state index in [2.05, 4.69) is 55.3 Å². The van der Waals surface area contributed by atoms with Crippen LogP contribution in [0.5, 0.6) is 0 Å². The van der Waals surface area contributed by atoms with E-state index in [-0.39, 0.29) is 30.0 Å². The molecule has 3 N–H and O–H groups in total. The highest BCUT2D eigenvalue weighted by atomic mass is 16.6. The van der Waals surface area contributed by atoms with Crippen molar-refractivity contribution in [1.29, 1.82) is 0 Å². The van der Waals surface area contributed by atoms with Crippen molar-refractivity contribution in [3.05, 3.63) is 60.3 Å². The summed E-state index contributed by atoms with van der Waals surface area (Å²) in [6.45, 7) is 18.6. The third-order valence-corrected chi connectivity index (χ3v) is 7.01. The SMILES string of the molecule is C=CC(=O)Nc1cccc(CN(C(=O)OC(C)(C)C)c2cc(N[C@H]3CCC(C)(C)NC3)nc3c(C(C)C)cnn23)c1. The Labute approximate surface area is 242 Å². The summed E-state index contributed by atoms with van der Waals surface area (Å²) in [4.78, 5) is 32.2. The van der Waals surface area contributed by atoms with E-state index in [0.29, 0.717) is 23.0 Å². The second-order valence-corrected chi connectivity index (χ2v) is 12.6. The van der Waals surface area contributed by atoms with Gasteiger partial charge in [0.25, 0.3) is 0 Å². The van der Waals surface area contributed by atoms with Gasteiger partial charge in [0.05, 0.1) is 12.7 Å². The van der Waals surface area contributed by atoms with Gasteiger partial charge in [0.15, 0.2) is 5.65 Å². The number of benzene rings is 1. The Morgan fingerprint density at radius 3 is 2.68 bits per heavy atom. The maximum Gasteiger partial charge on any atom is 0.416 e. The van der Waals surface area contributed by atoms with Gasteiger partial charge in [-0.1, -0.05) is 32.6 Å². The lowest BCUT2D eigenvalue weighted by Crippen LogP contribution is -2.50. The summed E-state index contributed by atoms with van der Waals surface area (Å²) in [5, 5.41) is 14.6. The van der Waals surface area contributed by atoms with E-state index in [1.807, 2.05) is 51.2 Å². The number of amides is 2. The van der Waals surface area contributed by atoms with Crippen LogP contribution in [-0.4, -0.2) is 50.3 Å². The molecule has 2 aromatic heterocycles. The second-order valence-electron chi connectivity index (χ2n) is 12.6. The molecule has 220 valence electrons. The van der Waals surface area contributed by atoms with Crippen molar-refractivity contribution in [2.24, 2.45) is 0 Å². The number of ether oxygens (including phenoxy) is 1. The predicted octanol–water partition coefficient (Wildman–Crippen LogP) is 5.86. The smallest absolute Gasteiger partial charge is 0.416 e. The molecule has 0 radical (unpaired) electrons. The topological polar surface area (TPSA) is 113 Å². The van der Waals surface area contributed by atoms with Gasteiger partial charge in [0.2, 0.25) is 5.91 Å². The number of nitrogens with zero attached hydrogens (tertiary/aromatic N) is 4. The van der Waals surface area contributed by atoms with Crippen molar-refractivity contribution < 1.29 is 14.3 Å². The number of fused-ring (bicyclic) bond motifs is 1. The van der Waals surface area contributed by atoms with Crippen LogP contribution in [0.1, 0.15) is 78.4 Å². The molecule has 41 heavy (non-hydrogen) atoms. The second kappa shape index (κ2) is 11.9. The van der Waals surface area contributed by atoms with E-state index in [0.717, 1.165) is 30.5 Å². The van der Waals surface area contributed by atoms with Gasteiger partial charge in [-0.05, 0) is 77.2 Å². The molecule has 0 saturated carbocycles. The van der Waals surface area contributed by atoms with Crippen LogP contribution in [0.2, 0.25) is 0 Å². The average molecular weight is 562 g/mol. The van der Waals surface area contributed by atoms with Gasteiger partial charge in [0.1, 0.15) is 17.2 Å². The molecule has 1 aliphatic rings. The molecular weight excluding hydrogens is 518 g/mol. The maximum atomic E-state index is 13.8. The van der Waals surface area contributed by atoms with Gasteiger partial charge in [-0.25, -0.2) is 9.78 Å². The quantitative estimate of drug-likeness (QED) is 0.295. The Kier molecular flexibility index (Phi) is 8.72. The van der Waals surface area contributed by atoms with E-state index in [1.54, 1.807) is 15.5 Å². The maximum absolute atomic E-state index is 13.8. The molecule has 0 spiro atoms. The number of aromatic nitrogens is 3. The van der Waals surface area contributed by atoms with Gasteiger partial charge in [-0.15, -0.1) is 0 Å². The monoisotopic (exact) mass is 561 g/mol. The third kappa shape index (κ3) is 7.64. The van der Waals surface area contributed by atoms with Crippen LogP contribution >= 0.6 is 0 Å². The van der Waals surface area contributed by atoms with Crippen molar-refractivity contribution >= 4 is 35.0 Å². The normalized spacial score (nSPS) is 16.8. The number of hydrogen-bond acceptors (Lipinski definition) is 7. The molecule has 1 aliphatic heterocycles. The highest BCUT2D eigenvalue weighted by Crippen LogP contribution is 2.30. The first-order valence-corrected chi connectivity index (χ1v) is 14.2. The molecule has 4 rings (SSSR count). The Bertz CT molecular complexity index is 1410. The molecule has 0 bridgehead atoms. The van der Waals surface area contributed by atoms with Crippen LogP contribution in [0.3, 0.4) is 0 Å². The molecule has 3 heterocycles. The Morgan fingerprint density at radius 2 is 2.05 bits per heavy atom. The largest absolute Gasteiger partial charge is 0.443 e. The van der Waals surface area contributed by atoms with Gasteiger partial charge in [-0.3, -0.25) is 9.69 Å². The van der Waals surface area contributed by atoms with Gasteiger partial charge in [-0.2, -0.15) is 9.61 Å². The van der Waals surface area contributed by atoms with Gasteiger partial charge >= 0.3 is 6.09 Å². The fraction of sp³-hybridized carbons (Fsp3) is 0.484. The zero-order chi connectivity index (χ0) is 29.9. The number of rotatable bonds is 8. The fourth-order valence-corrected chi connectivity index (χ4v) is 4.77. The molecule has 10 nitrogen and oxygen atoms in total. The van der Waals surface area contributed by atoms with Crippen LogP contribution < -0.4 is 20.9 Å². The summed E-state index contributed by atoms with van der Waals surface area (Å²) < 4.78 is 7.57. The highest BCUT2D eigenvalue weighted by molar-refractivity contribution is 5.99. The Balaban J connectivity index is 1.78. The van der Waals surface area contributed by atoms with Crippen LogP contribution in [0, 0.1) is 0 Å². The summed E-state index contributed by atoms with van der Waals surface area (Å²) in [6, 6.07) is 9.40. The Morgan fingerprint density at radius 1 is 1.29 bits per heavy atom. The first kappa shape index (κ1) is 30.0. The number of carbonyl (C=O) groups is 2. The molecule has 1 aromatic carbocycles. The summed E-state index contributed by atoms with van der Waals surface area (Å²) in [7, 11) is 0. The summed E-state index contributed by atoms with van der Waals surface area (Å²) >= 11 is 0. The molecule has 0 unspecified atom stereocenters. The van der Waals surface area contributed by atoms with Crippen molar-refractivity contribution in [1.82, 2.24) is 19.9 Å². The molecule has 3 aromatic rings. The minimum Gasteiger partial charge on any atom is -0.443 e. The van der Waals surface area contributed by atoms with Gasteiger partial charge in [0, 0.05) is 35.4 Å². The number of piperidine rings is 1. The van der Waals surface area contributed by atoms with Crippen LogP contribution in [0.4, 0.5) is 22.1 Å². The molecule has 2 amide bonds. The van der Waals surface area contributed by atoms with E-state index in [4.69, 9.17) is 9.72 Å². The van der Waals surface area contributed by atoms with Crippen molar-refractivity contribution in [3.63, 3.8) is 0 Å². The first-order valence-electron chi connectivity index (χ1n) is 14.2. The molecule has 1 fully saturated rings. The number of hydrogen-bond donors (Lipinski definition) is 3. The summed E-state index contributed by atoms with van der Waals surface area (Å²) in [5.74, 6) is 1.07. The van der Waals surface area contributed by atoms with Crippen LogP contribution in [0.15, 0.2) is 49.2 Å². The standard InChI is InChI=1S/C31H43N7O3/c1-9-26(39)35-22-12-10-11-21(15-22)19-37(29(40)41-30(4,5)6)27-16-25(34-23-13-14-31(7,8)32-17-23)36-28-24(20(2)3)18-33-38(27)28/h9-12,15-16,18,20,23,32H,1,13-14,17,19H2,2-8H3,(H,34,36)(H,35,39)/t23-/m0/s1. The van der Waals surface area contributed by atoms with E-state index >= 15 is 0 Å². The predicted molar refractivity (Wildman–Crippen MR) is 163 cm³/mol. The first-order chi connectivity index (χ1) is 19.2. The zero-order valence-electron chi connectivity index (χ0n) is 25.2. The molecular formula is C31H43N7O3. The third-order valence-electron chi connectivity index (χ3n) is 7.01. The van der Waals surface area contributed by atoms with E-state index < -0.39 is 11.7 Å². The summed E-state index contributed by atoms with van der Waals surface area (Å²) in [5.41, 5.74) is 2.46. The number of carbonyl (C=O) groups excluding carboxylic acids is 2. The summed E-state index contributed by atoms with van der Waals surface area (Å²) in [6.07, 6.45) is 4.54. The van der Waals surface area contributed by atoms with E-state index in [1.165, 1.54) is 6.08 Å². The minimum absolute atomic E-state index is 0.101. The number of anilines is 3.